The van der Waals surface area contributed by atoms with E-state index in [0.29, 0.717) is 0 Å². The molecule has 1 N–H and O–H groups in total. The van der Waals surface area contributed by atoms with Crippen LogP contribution in [-0.4, -0.2) is 13.1 Å². The molecule has 2 aliphatic rings. The number of aryl methyl sites for hydroxylation is 1. The van der Waals surface area contributed by atoms with E-state index in [1.165, 1.54) is 44.9 Å². The van der Waals surface area contributed by atoms with Crippen molar-refractivity contribution in [3.63, 3.8) is 0 Å². The van der Waals surface area contributed by atoms with Crippen molar-refractivity contribution in [2.75, 3.05) is 7.05 Å². The smallest absolute Gasteiger partial charge is 0.0124 e. The molecule has 0 heterocycles. The van der Waals surface area contributed by atoms with Gasteiger partial charge in [-0.25, -0.2) is 0 Å². The lowest BCUT2D eigenvalue weighted by Gasteiger charge is -2.35. The molecule has 0 bridgehead atoms. The van der Waals surface area contributed by atoms with Gasteiger partial charge in [-0.3, -0.25) is 0 Å². The molecule has 0 aromatic heterocycles. The van der Waals surface area contributed by atoms with Gasteiger partial charge in [0.25, 0.3) is 0 Å². The molecular weight excluding hydrogens is 218 g/mol. The predicted molar refractivity (Wildman–Crippen MR) is 76.8 cm³/mol. The second-order valence-electron chi connectivity index (χ2n) is 6.13. The predicted octanol–water partition coefficient (Wildman–Crippen LogP) is 3.57. The van der Waals surface area contributed by atoms with Gasteiger partial charge in [0.05, 0.1) is 0 Å². The van der Waals surface area contributed by atoms with Gasteiger partial charge >= 0.3 is 0 Å². The quantitative estimate of drug-likeness (QED) is 0.856. The minimum absolute atomic E-state index is 0.751. The SMILES string of the molecule is CNC(C1CCCC1)C1CCc2ccccc2C1. The molecule has 1 aromatic rings. The van der Waals surface area contributed by atoms with E-state index in [0.717, 1.165) is 17.9 Å². The fraction of sp³-hybridized carbons (Fsp3) is 0.647. The van der Waals surface area contributed by atoms with E-state index in [2.05, 4.69) is 36.6 Å². The summed E-state index contributed by atoms with van der Waals surface area (Å²) in [4.78, 5) is 0. The van der Waals surface area contributed by atoms with E-state index in [4.69, 9.17) is 0 Å². The molecule has 2 unspecified atom stereocenters. The molecule has 18 heavy (non-hydrogen) atoms. The maximum atomic E-state index is 3.64. The van der Waals surface area contributed by atoms with E-state index >= 15 is 0 Å². The molecule has 1 nitrogen and oxygen atoms in total. The third kappa shape index (κ3) is 2.33. The van der Waals surface area contributed by atoms with Crippen LogP contribution in [0.3, 0.4) is 0 Å². The van der Waals surface area contributed by atoms with Crippen molar-refractivity contribution < 1.29 is 0 Å². The van der Waals surface area contributed by atoms with Crippen molar-refractivity contribution in [2.45, 2.75) is 51.0 Å². The largest absolute Gasteiger partial charge is 0.316 e. The van der Waals surface area contributed by atoms with Crippen LogP contribution in [0.25, 0.3) is 0 Å². The van der Waals surface area contributed by atoms with Gasteiger partial charge in [0, 0.05) is 6.04 Å². The summed E-state index contributed by atoms with van der Waals surface area (Å²) in [5, 5.41) is 3.64. The molecule has 1 fully saturated rings. The third-order valence-corrected chi connectivity index (χ3v) is 5.13. The Labute approximate surface area is 111 Å². The Bertz CT molecular complexity index is 392. The molecule has 1 saturated carbocycles. The lowest BCUT2D eigenvalue weighted by atomic mass is 9.76. The van der Waals surface area contributed by atoms with E-state index < -0.39 is 0 Å². The van der Waals surface area contributed by atoms with E-state index in [9.17, 15) is 0 Å². The van der Waals surface area contributed by atoms with Crippen LogP contribution >= 0.6 is 0 Å². The summed E-state index contributed by atoms with van der Waals surface area (Å²) >= 11 is 0. The summed E-state index contributed by atoms with van der Waals surface area (Å²) < 4.78 is 0. The number of hydrogen-bond acceptors (Lipinski definition) is 1. The third-order valence-electron chi connectivity index (χ3n) is 5.13. The van der Waals surface area contributed by atoms with Crippen LogP contribution in [0.4, 0.5) is 0 Å². The molecule has 0 amide bonds. The molecule has 0 spiro atoms. The Hall–Kier alpha value is -0.820. The van der Waals surface area contributed by atoms with E-state index in [-0.39, 0.29) is 0 Å². The van der Waals surface area contributed by atoms with Crippen LogP contribution in [0.1, 0.15) is 43.2 Å². The molecular formula is C17H25N. The van der Waals surface area contributed by atoms with Gasteiger partial charge in [0.2, 0.25) is 0 Å². The van der Waals surface area contributed by atoms with Crippen molar-refractivity contribution in [1.29, 1.82) is 0 Å². The number of rotatable bonds is 3. The molecule has 2 atom stereocenters. The number of fused-ring (bicyclic) bond motifs is 1. The molecule has 0 radical (unpaired) electrons. The average molecular weight is 243 g/mol. The van der Waals surface area contributed by atoms with Crippen molar-refractivity contribution in [2.24, 2.45) is 11.8 Å². The first-order valence-electron chi connectivity index (χ1n) is 7.62. The van der Waals surface area contributed by atoms with Crippen molar-refractivity contribution in [3.05, 3.63) is 35.4 Å². The summed E-state index contributed by atoms with van der Waals surface area (Å²) in [5.41, 5.74) is 3.20. The standard InChI is InChI=1S/C17H25N/c1-18-17(14-7-3-4-8-14)16-11-10-13-6-2-5-9-15(13)12-16/h2,5-6,9,14,16-18H,3-4,7-8,10-12H2,1H3. The topological polar surface area (TPSA) is 12.0 Å². The molecule has 0 aliphatic heterocycles. The van der Waals surface area contributed by atoms with Crippen molar-refractivity contribution in [1.82, 2.24) is 5.32 Å². The first-order chi connectivity index (χ1) is 8.88. The maximum absolute atomic E-state index is 3.64. The number of hydrogen-bond donors (Lipinski definition) is 1. The van der Waals surface area contributed by atoms with Crippen LogP contribution in [0, 0.1) is 11.8 Å². The summed E-state index contributed by atoms with van der Waals surface area (Å²) in [6, 6.07) is 9.79. The lowest BCUT2D eigenvalue weighted by molar-refractivity contribution is 0.250. The van der Waals surface area contributed by atoms with Gasteiger partial charge in [-0.15, -0.1) is 0 Å². The first-order valence-corrected chi connectivity index (χ1v) is 7.62. The lowest BCUT2D eigenvalue weighted by Crippen LogP contribution is -2.41. The highest BCUT2D eigenvalue weighted by molar-refractivity contribution is 5.30. The number of benzene rings is 1. The van der Waals surface area contributed by atoms with Gasteiger partial charge in [-0.05, 0) is 62.1 Å². The molecule has 1 aromatic carbocycles. The minimum atomic E-state index is 0.751. The second-order valence-corrected chi connectivity index (χ2v) is 6.13. The Balaban J connectivity index is 1.73. The van der Waals surface area contributed by atoms with Gasteiger partial charge in [0.15, 0.2) is 0 Å². The number of nitrogens with one attached hydrogen (secondary N) is 1. The molecule has 1 heteroatoms. The van der Waals surface area contributed by atoms with Crippen LogP contribution in [0.15, 0.2) is 24.3 Å². The molecule has 98 valence electrons. The maximum Gasteiger partial charge on any atom is 0.0124 e. The Kier molecular flexibility index (Phi) is 3.69. The zero-order valence-corrected chi connectivity index (χ0v) is 11.5. The molecule has 3 rings (SSSR count). The minimum Gasteiger partial charge on any atom is -0.316 e. The van der Waals surface area contributed by atoms with Crippen LogP contribution in [0.2, 0.25) is 0 Å². The average Bonchev–Trinajstić information content (AvgIpc) is 2.93. The molecule has 2 aliphatic carbocycles. The van der Waals surface area contributed by atoms with Crippen LogP contribution in [-0.2, 0) is 12.8 Å². The fourth-order valence-electron chi connectivity index (χ4n) is 4.21. The monoisotopic (exact) mass is 243 g/mol. The summed E-state index contributed by atoms with van der Waals surface area (Å²) in [7, 11) is 2.17. The highest BCUT2D eigenvalue weighted by Crippen LogP contribution is 2.36. The van der Waals surface area contributed by atoms with Crippen molar-refractivity contribution in [3.8, 4) is 0 Å². The van der Waals surface area contributed by atoms with Gasteiger partial charge in [-0.2, -0.15) is 0 Å². The van der Waals surface area contributed by atoms with Gasteiger partial charge < -0.3 is 5.32 Å². The summed E-state index contributed by atoms with van der Waals surface area (Å²) in [5.74, 6) is 1.79. The van der Waals surface area contributed by atoms with E-state index in [1.807, 2.05) is 0 Å². The van der Waals surface area contributed by atoms with Crippen LogP contribution < -0.4 is 5.32 Å². The van der Waals surface area contributed by atoms with E-state index in [1.54, 1.807) is 11.1 Å². The zero-order valence-electron chi connectivity index (χ0n) is 11.5. The highest BCUT2D eigenvalue weighted by Gasteiger charge is 2.32. The first kappa shape index (κ1) is 12.2. The van der Waals surface area contributed by atoms with Gasteiger partial charge in [-0.1, -0.05) is 37.1 Å². The normalized spacial score (nSPS) is 25.9. The second kappa shape index (κ2) is 5.44. The Morgan fingerprint density at radius 2 is 1.72 bits per heavy atom. The van der Waals surface area contributed by atoms with Crippen molar-refractivity contribution >= 4 is 0 Å². The van der Waals surface area contributed by atoms with Crippen LogP contribution in [0.5, 0.6) is 0 Å². The zero-order chi connectivity index (χ0) is 12.4. The Morgan fingerprint density at radius 1 is 1.00 bits per heavy atom. The highest BCUT2D eigenvalue weighted by atomic mass is 14.9. The summed E-state index contributed by atoms with van der Waals surface area (Å²) in [6.07, 6.45) is 9.74. The van der Waals surface area contributed by atoms with Gasteiger partial charge in [0.1, 0.15) is 0 Å². The molecule has 0 saturated heterocycles. The fourth-order valence-corrected chi connectivity index (χ4v) is 4.21. The summed E-state index contributed by atoms with van der Waals surface area (Å²) in [6.45, 7) is 0. The Morgan fingerprint density at radius 3 is 2.44 bits per heavy atom.